The molecule has 0 aliphatic heterocycles. The van der Waals surface area contributed by atoms with Gasteiger partial charge in [-0.05, 0) is 25.3 Å². The van der Waals surface area contributed by atoms with Crippen LogP contribution in [0, 0.1) is 13.8 Å². The van der Waals surface area contributed by atoms with Crippen LogP contribution in [-0.4, -0.2) is 26.8 Å². The molecule has 2 aromatic rings. The Morgan fingerprint density at radius 2 is 2.11 bits per heavy atom. The summed E-state index contributed by atoms with van der Waals surface area (Å²) in [7, 11) is 1.76. The number of aromatic carboxylic acids is 1. The van der Waals surface area contributed by atoms with Crippen molar-refractivity contribution >= 4 is 28.9 Å². The Balaban J connectivity index is 2.31. The number of aryl methyl sites for hydroxylation is 2. The fourth-order valence-electron chi connectivity index (χ4n) is 1.86. The lowest BCUT2D eigenvalue weighted by molar-refractivity contribution is 0.0703. The highest BCUT2D eigenvalue weighted by molar-refractivity contribution is 7.12. The monoisotopic (exact) mass is 279 g/mol. The molecular weight excluding hydrogens is 266 g/mol. The number of amides is 1. The van der Waals surface area contributed by atoms with E-state index in [2.05, 4.69) is 10.4 Å². The molecule has 7 heteroatoms. The summed E-state index contributed by atoms with van der Waals surface area (Å²) in [6.45, 7) is 3.54. The topological polar surface area (TPSA) is 84.2 Å². The first-order valence-corrected chi connectivity index (χ1v) is 6.42. The molecule has 19 heavy (non-hydrogen) atoms. The summed E-state index contributed by atoms with van der Waals surface area (Å²) >= 11 is 1.07. The van der Waals surface area contributed by atoms with Crippen LogP contribution in [0.15, 0.2) is 11.4 Å². The molecule has 2 heterocycles. The van der Waals surface area contributed by atoms with Gasteiger partial charge in [0.25, 0.3) is 5.91 Å². The molecule has 0 spiro atoms. The molecule has 0 fully saturated rings. The van der Waals surface area contributed by atoms with Crippen molar-refractivity contribution in [2.24, 2.45) is 7.05 Å². The van der Waals surface area contributed by atoms with Gasteiger partial charge in [-0.25, -0.2) is 4.79 Å². The number of hydrogen-bond donors (Lipinski definition) is 2. The minimum Gasteiger partial charge on any atom is -0.477 e. The van der Waals surface area contributed by atoms with Crippen LogP contribution < -0.4 is 5.32 Å². The Kier molecular flexibility index (Phi) is 3.39. The van der Waals surface area contributed by atoms with Crippen LogP contribution in [0.1, 0.15) is 31.4 Å². The van der Waals surface area contributed by atoms with Crippen LogP contribution in [0.5, 0.6) is 0 Å². The second-order valence-electron chi connectivity index (χ2n) is 4.09. The Labute approximate surface area is 113 Å². The molecule has 0 bridgehead atoms. The van der Waals surface area contributed by atoms with Gasteiger partial charge in [0.15, 0.2) is 0 Å². The van der Waals surface area contributed by atoms with Crippen LogP contribution >= 0.6 is 11.3 Å². The van der Waals surface area contributed by atoms with E-state index in [0.29, 0.717) is 16.9 Å². The number of carboxylic acid groups (broad SMARTS) is 1. The molecule has 6 nitrogen and oxygen atoms in total. The molecule has 2 N–H and O–H groups in total. The number of carbonyl (C=O) groups is 2. The number of anilines is 1. The van der Waals surface area contributed by atoms with Gasteiger partial charge in [0.1, 0.15) is 4.88 Å². The minimum atomic E-state index is -1.05. The first-order chi connectivity index (χ1) is 8.91. The van der Waals surface area contributed by atoms with Crippen molar-refractivity contribution < 1.29 is 14.7 Å². The minimum absolute atomic E-state index is 0.118. The molecule has 0 saturated carbocycles. The molecular formula is C12H13N3O3S. The van der Waals surface area contributed by atoms with Gasteiger partial charge in [0.2, 0.25) is 0 Å². The molecule has 2 rings (SSSR count). The SMILES string of the molecule is Cc1nn(C)c(C)c1C(=O)Nc1ccsc1C(=O)O. The van der Waals surface area contributed by atoms with E-state index < -0.39 is 5.97 Å². The second kappa shape index (κ2) is 4.85. The Bertz CT molecular complexity index is 657. The lowest BCUT2D eigenvalue weighted by Gasteiger charge is -2.05. The van der Waals surface area contributed by atoms with Gasteiger partial charge in [0.05, 0.1) is 16.9 Å². The van der Waals surface area contributed by atoms with Gasteiger partial charge in [-0.2, -0.15) is 5.10 Å². The zero-order valence-corrected chi connectivity index (χ0v) is 11.5. The van der Waals surface area contributed by atoms with Crippen molar-refractivity contribution in [3.05, 3.63) is 33.3 Å². The third-order valence-electron chi connectivity index (χ3n) is 2.84. The molecule has 0 atom stereocenters. The largest absolute Gasteiger partial charge is 0.477 e. The van der Waals surface area contributed by atoms with Crippen LogP contribution in [0.4, 0.5) is 5.69 Å². The Morgan fingerprint density at radius 3 is 2.63 bits per heavy atom. The lowest BCUT2D eigenvalue weighted by atomic mass is 10.2. The van der Waals surface area contributed by atoms with Crippen molar-refractivity contribution in [1.29, 1.82) is 0 Å². The fraction of sp³-hybridized carbons (Fsp3) is 0.250. The van der Waals surface area contributed by atoms with Crippen molar-refractivity contribution in [3.8, 4) is 0 Å². The molecule has 2 aromatic heterocycles. The normalized spacial score (nSPS) is 10.5. The zero-order chi connectivity index (χ0) is 14.2. The van der Waals surface area contributed by atoms with E-state index in [1.807, 2.05) is 0 Å². The van der Waals surface area contributed by atoms with Crippen molar-refractivity contribution in [2.45, 2.75) is 13.8 Å². The maximum atomic E-state index is 12.2. The predicted octanol–water partition coefficient (Wildman–Crippen LogP) is 2.05. The van der Waals surface area contributed by atoms with E-state index in [1.165, 1.54) is 0 Å². The number of rotatable bonds is 3. The summed E-state index contributed by atoms with van der Waals surface area (Å²) in [5.74, 6) is -1.39. The van der Waals surface area contributed by atoms with Crippen LogP contribution in [0.2, 0.25) is 0 Å². The quantitative estimate of drug-likeness (QED) is 0.900. The molecule has 0 radical (unpaired) electrons. The molecule has 0 aliphatic rings. The van der Waals surface area contributed by atoms with Crippen LogP contribution in [-0.2, 0) is 7.05 Å². The van der Waals surface area contributed by atoms with Gasteiger partial charge in [-0.15, -0.1) is 11.3 Å². The van der Waals surface area contributed by atoms with E-state index >= 15 is 0 Å². The highest BCUT2D eigenvalue weighted by Crippen LogP contribution is 2.23. The summed E-state index contributed by atoms with van der Waals surface area (Å²) in [5.41, 5.74) is 2.14. The maximum Gasteiger partial charge on any atom is 0.348 e. The van der Waals surface area contributed by atoms with Crippen LogP contribution in [0.3, 0.4) is 0 Å². The third-order valence-corrected chi connectivity index (χ3v) is 3.75. The molecule has 0 unspecified atom stereocenters. The van der Waals surface area contributed by atoms with Crippen molar-refractivity contribution in [3.63, 3.8) is 0 Å². The van der Waals surface area contributed by atoms with Gasteiger partial charge in [0, 0.05) is 12.7 Å². The molecule has 100 valence electrons. The average molecular weight is 279 g/mol. The number of carboxylic acids is 1. The molecule has 0 aliphatic carbocycles. The van der Waals surface area contributed by atoms with E-state index in [9.17, 15) is 9.59 Å². The van der Waals surface area contributed by atoms with E-state index in [4.69, 9.17) is 5.11 Å². The lowest BCUT2D eigenvalue weighted by Crippen LogP contribution is -2.15. The second-order valence-corrected chi connectivity index (χ2v) is 5.01. The summed E-state index contributed by atoms with van der Waals surface area (Å²) < 4.78 is 1.62. The smallest absolute Gasteiger partial charge is 0.348 e. The van der Waals surface area contributed by atoms with Gasteiger partial charge in [-0.3, -0.25) is 9.48 Å². The average Bonchev–Trinajstić information content (AvgIpc) is 2.85. The molecule has 0 aromatic carbocycles. The summed E-state index contributed by atoms with van der Waals surface area (Å²) in [4.78, 5) is 23.3. The zero-order valence-electron chi connectivity index (χ0n) is 10.7. The number of hydrogen-bond acceptors (Lipinski definition) is 4. The van der Waals surface area contributed by atoms with Gasteiger partial charge in [-0.1, -0.05) is 0 Å². The van der Waals surface area contributed by atoms with Gasteiger partial charge < -0.3 is 10.4 Å². The van der Waals surface area contributed by atoms with Crippen LogP contribution in [0.25, 0.3) is 0 Å². The summed E-state index contributed by atoms with van der Waals surface area (Å²) in [6.07, 6.45) is 0. The molecule has 0 saturated heterocycles. The van der Waals surface area contributed by atoms with E-state index in [0.717, 1.165) is 17.0 Å². The first kappa shape index (κ1) is 13.3. The Morgan fingerprint density at radius 1 is 1.42 bits per heavy atom. The van der Waals surface area contributed by atoms with E-state index in [1.54, 1.807) is 37.0 Å². The number of nitrogens with zero attached hydrogens (tertiary/aromatic N) is 2. The summed E-state index contributed by atoms with van der Waals surface area (Å²) in [5, 5.41) is 17.4. The summed E-state index contributed by atoms with van der Waals surface area (Å²) in [6, 6.07) is 1.58. The van der Waals surface area contributed by atoms with Crippen molar-refractivity contribution in [1.82, 2.24) is 9.78 Å². The van der Waals surface area contributed by atoms with Crippen molar-refractivity contribution in [2.75, 3.05) is 5.32 Å². The number of nitrogens with one attached hydrogen (secondary N) is 1. The highest BCUT2D eigenvalue weighted by Gasteiger charge is 2.20. The molecule has 1 amide bonds. The van der Waals surface area contributed by atoms with Gasteiger partial charge >= 0.3 is 5.97 Å². The highest BCUT2D eigenvalue weighted by atomic mass is 32.1. The fourth-order valence-corrected chi connectivity index (χ4v) is 2.55. The third kappa shape index (κ3) is 2.37. The first-order valence-electron chi connectivity index (χ1n) is 5.54. The standard InChI is InChI=1S/C12H13N3O3S/c1-6-9(7(2)15(3)14-6)11(16)13-8-4-5-19-10(8)12(17)18/h4-5H,1-3H3,(H,13,16)(H,17,18). The Hall–Kier alpha value is -2.15. The number of thiophene rings is 1. The maximum absolute atomic E-state index is 12.2. The predicted molar refractivity (Wildman–Crippen MR) is 71.9 cm³/mol. The number of aromatic nitrogens is 2. The number of carbonyl (C=O) groups excluding carboxylic acids is 1. The van der Waals surface area contributed by atoms with E-state index in [-0.39, 0.29) is 10.8 Å².